The van der Waals surface area contributed by atoms with E-state index in [-0.39, 0.29) is 19.0 Å². The summed E-state index contributed by atoms with van der Waals surface area (Å²) in [5, 5.41) is 28.9. The van der Waals surface area contributed by atoms with Gasteiger partial charge in [-0.15, -0.1) is 0 Å². The number of nitro groups is 1. The van der Waals surface area contributed by atoms with Crippen molar-refractivity contribution in [2.24, 2.45) is 0 Å². The van der Waals surface area contributed by atoms with Crippen LogP contribution in [0.2, 0.25) is 0 Å². The molecule has 1 aromatic rings. The zero-order chi connectivity index (χ0) is 14.4. The van der Waals surface area contributed by atoms with Crippen LogP contribution in [0.25, 0.3) is 0 Å². The summed E-state index contributed by atoms with van der Waals surface area (Å²) >= 11 is 0. The van der Waals surface area contributed by atoms with Crippen LogP contribution in [0, 0.1) is 10.1 Å². The molecule has 104 valence electrons. The summed E-state index contributed by atoms with van der Waals surface area (Å²) in [6.07, 6.45) is -0.867. The van der Waals surface area contributed by atoms with E-state index in [1.807, 2.05) is 0 Å². The third-order valence-corrected chi connectivity index (χ3v) is 2.20. The average molecular weight is 271 g/mol. The normalized spacial score (nSPS) is 11.9. The molecular weight excluding hydrogens is 258 g/mol. The first-order valence-electron chi connectivity index (χ1n) is 5.27. The number of hydrogen-bond donors (Lipinski definition) is 2. The molecule has 0 saturated heterocycles. The molecule has 0 heterocycles. The zero-order valence-electron chi connectivity index (χ0n) is 10.1. The van der Waals surface area contributed by atoms with Gasteiger partial charge in [0.05, 0.1) is 11.5 Å². The number of carboxylic acids is 1. The summed E-state index contributed by atoms with van der Waals surface area (Å²) in [5.74, 6) is -1.30. The van der Waals surface area contributed by atoms with Crippen LogP contribution in [0.5, 0.6) is 5.75 Å². The van der Waals surface area contributed by atoms with E-state index < -0.39 is 28.2 Å². The Balaban J connectivity index is 2.84. The van der Waals surface area contributed by atoms with E-state index in [0.29, 0.717) is 0 Å². The Labute approximate surface area is 108 Å². The molecule has 2 N–H and O–H groups in total. The fourth-order valence-corrected chi connectivity index (χ4v) is 1.37. The largest absolute Gasteiger partial charge is 0.491 e. The highest BCUT2D eigenvalue weighted by atomic mass is 16.6. The summed E-state index contributed by atoms with van der Waals surface area (Å²) in [6.45, 7) is -0.0382. The van der Waals surface area contributed by atoms with E-state index in [4.69, 9.17) is 14.6 Å². The lowest BCUT2D eigenvalue weighted by atomic mass is 10.1. The van der Waals surface area contributed by atoms with Gasteiger partial charge in [0.25, 0.3) is 5.69 Å². The van der Waals surface area contributed by atoms with Gasteiger partial charge in [-0.2, -0.15) is 0 Å². The Bertz CT molecular complexity index is 474. The minimum atomic E-state index is -1.42. The molecule has 1 unspecified atom stereocenters. The van der Waals surface area contributed by atoms with Crippen LogP contribution >= 0.6 is 0 Å². The van der Waals surface area contributed by atoms with Crippen LogP contribution in [0.3, 0.4) is 0 Å². The highest BCUT2D eigenvalue weighted by Gasteiger charge is 2.20. The van der Waals surface area contributed by atoms with Crippen molar-refractivity contribution >= 4 is 11.7 Å². The number of methoxy groups -OCH3 is 1. The highest BCUT2D eigenvalue weighted by Crippen LogP contribution is 2.24. The van der Waals surface area contributed by atoms with E-state index in [1.165, 1.54) is 13.2 Å². The first kappa shape index (κ1) is 14.9. The smallest absolute Gasteiger partial charge is 0.342 e. The van der Waals surface area contributed by atoms with Crippen molar-refractivity contribution < 1.29 is 29.4 Å². The predicted octanol–water partition coefficient (Wildman–Crippen LogP) is 0.679. The van der Waals surface area contributed by atoms with Crippen LogP contribution in [0.4, 0.5) is 5.69 Å². The molecule has 0 spiro atoms. The number of carboxylic acid groups (broad SMARTS) is 1. The molecule has 1 atom stereocenters. The molecule has 0 aliphatic rings. The molecule has 0 aliphatic carbocycles. The molecule has 8 heteroatoms. The van der Waals surface area contributed by atoms with Crippen LogP contribution in [-0.2, 0) is 4.74 Å². The number of nitrogens with zero attached hydrogens (tertiary/aromatic N) is 1. The van der Waals surface area contributed by atoms with Gasteiger partial charge in [0, 0.05) is 19.2 Å². The van der Waals surface area contributed by atoms with Crippen molar-refractivity contribution in [1.29, 1.82) is 0 Å². The lowest BCUT2D eigenvalue weighted by Crippen LogP contribution is -2.22. The van der Waals surface area contributed by atoms with Gasteiger partial charge in [0.15, 0.2) is 0 Å². The maximum atomic E-state index is 10.9. The van der Waals surface area contributed by atoms with Crippen LogP contribution in [0.15, 0.2) is 18.2 Å². The Morgan fingerprint density at radius 2 is 2.16 bits per heavy atom. The second kappa shape index (κ2) is 6.66. The third kappa shape index (κ3) is 4.19. The maximum absolute atomic E-state index is 10.9. The molecule has 1 aromatic carbocycles. The minimum Gasteiger partial charge on any atom is -0.491 e. The molecule has 1 rings (SSSR count). The summed E-state index contributed by atoms with van der Waals surface area (Å²) in [5.41, 5.74) is -0.985. The van der Waals surface area contributed by atoms with E-state index in [2.05, 4.69) is 0 Å². The molecule has 0 aliphatic heterocycles. The second-order valence-electron chi connectivity index (χ2n) is 3.66. The quantitative estimate of drug-likeness (QED) is 0.552. The standard InChI is InChI=1S/C11H13NO7/c1-18-5-7(13)6-19-8-2-3-10(12(16)17)9(4-8)11(14)15/h2-4,7,13H,5-6H2,1H3,(H,14,15). The van der Waals surface area contributed by atoms with Crippen LogP contribution in [0.1, 0.15) is 10.4 Å². The van der Waals surface area contributed by atoms with Gasteiger partial charge in [0.1, 0.15) is 24.0 Å². The second-order valence-corrected chi connectivity index (χ2v) is 3.66. The van der Waals surface area contributed by atoms with Crippen LogP contribution < -0.4 is 4.74 Å². The van der Waals surface area contributed by atoms with E-state index in [1.54, 1.807) is 0 Å². The Morgan fingerprint density at radius 1 is 1.47 bits per heavy atom. The molecule has 0 fully saturated rings. The number of hydrogen-bond acceptors (Lipinski definition) is 6. The Hall–Kier alpha value is -2.19. The monoisotopic (exact) mass is 271 g/mol. The number of ether oxygens (including phenoxy) is 2. The Kier molecular flexibility index (Phi) is 5.22. The molecule has 0 aromatic heterocycles. The van der Waals surface area contributed by atoms with Crippen molar-refractivity contribution in [2.45, 2.75) is 6.10 Å². The molecule has 0 saturated carbocycles. The van der Waals surface area contributed by atoms with E-state index in [0.717, 1.165) is 12.1 Å². The van der Waals surface area contributed by atoms with Crippen LogP contribution in [-0.4, -0.2) is 47.5 Å². The fourth-order valence-electron chi connectivity index (χ4n) is 1.37. The van der Waals surface area contributed by atoms with Crippen molar-refractivity contribution in [2.75, 3.05) is 20.3 Å². The molecular formula is C11H13NO7. The number of nitro benzene ring substituents is 1. The van der Waals surface area contributed by atoms with E-state index >= 15 is 0 Å². The van der Waals surface area contributed by atoms with Crippen molar-refractivity contribution in [3.63, 3.8) is 0 Å². The molecule has 0 amide bonds. The molecule has 8 nitrogen and oxygen atoms in total. The van der Waals surface area contributed by atoms with Gasteiger partial charge in [-0.25, -0.2) is 4.79 Å². The van der Waals surface area contributed by atoms with Gasteiger partial charge < -0.3 is 19.7 Å². The molecule has 19 heavy (non-hydrogen) atoms. The van der Waals surface area contributed by atoms with Gasteiger partial charge in [-0.1, -0.05) is 0 Å². The predicted molar refractivity (Wildman–Crippen MR) is 63.4 cm³/mol. The first-order valence-corrected chi connectivity index (χ1v) is 5.27. The minimum absolute atomic E-state index is 0.0682. The summed E-state index contributed by atoms with van der Waals surface area (Å²) in [4.78, 5) is 20.7. The lowest BCUT2D eigenvalue weighted by Gasteiger charge is -2.11. The lowest BCUT2D eigenvalue weighted by molar-refractivity contribution is -0.385. The first-order chi connectivity index (χ1) is 8.95. The zero-order valence-corrected chi connectivity index (χ0v) is 10.1. The number of aromatic carboxylic acids is 1. The third-order valence-electron chi connectivity index (χ3n) is 2.20. The SMILES string of the molecule is COCC(O)COc1ccc([N+](=O)[O-])c(C(=O)O)c1. The highest BCUT2D eigenvalue weighted by molar-refractivity contribution is 5.92. The number of rotatable bonds is 7. The van der Waals surface area contributed by atoms with Gasteiger partial charge in [-0.05, 0) is 6.07 Å². The molecule has 0 radical (unpaired) electrons. The number of aliphatic hydroxyl groups excluding tert-OH is 1. The number of benzene rings is 1. The van der Waals surface area contributed by atoms with E-state index in [9.17, 15) is 20.0 Å². The topological polar surface area (TPSA) is 119 Å². The van der Waals surface area contributed by atoms with Crippen molar-refractivity contribution in [1.82, 2.24) is 0 Å². The van der Waals surface area contributed by atoms with Gasteiger partial charge >= 0.3 is 5.97 Å². The molecule has 0 bridgehead atoms. The Morgan fingerprint density at radius 3 is 2.68 bits per heavy atom. The fraction of sp³-hybridized carbons (Fsp3) is 0.364. The number of carbonyl (C=O) groups is 1. The average Bonchev–Trinajstić information content (AvgIpc) is 2.36. The van der Waals surface area contributed by atoms with Gasteiger partial charge in [-0.3, -0.25) is 10.1 Å². The van der Waals surface area contributed by atoms with Gasteiger partial charge in [0.2, 0.25) is 0 Å². The summed E-state index contributed by atoms with van der Waals surface area (Å²) in [7, 11) is 1.41. The maximum Gasteiger partial charge on any atom is 0.342 e. The summed E-state index contributed by atoms with van der Waals surface area (Å²) in [6, 6.07) is 3.35. The number of aliphatic hydroxyl groups is 1. The summed E-state index contributed by atoms with van der Waals surface area (Å²) < 4.78 is 9.82. The van der Waals surface area contributed by atoms with Crippen molar-refractivity contribution in [3.05, 3.63) is 33.9 Å². The van der Waals surface area contributed by atoms with Crippen molar-refractivity contribution in [3.8, 4) is 5.75 Å².